The molecule has 0 fully saturated rings. The van der Waals surface area contributed by atoms with Gasteiger partial charge in [0.1, 0.15) is 15.0 Å². The van der Waals surface area contributed by atoms with E-state index in [4.69, 9.17) is 16.0 Å². The number of nitrogens with one attached hydrogen (secondary N) is 1. The molecule has 2 aromatic carbocycles. The van der Waals surface area contributed by atoms with Gasteiger partial charge in [0, 0.05) is 18.3 Å². The van der Waals surface area contributed by atoms with Crippen LogP contribution in [0.1, 0.15) is 13.8 Å². The van der Waals surface area contributed by atoms with Crippen molar-refractivity contribution >= 4 is 92.5 Å². The Labute approximate surface area is 208 Å². The fourth-order valence-corrected chi connectivity index (χ4v) is 3.37. The fourth-order valence-electron chi connectivity index (χ4n) is 2.04. The van der Waals surface area contributed by atoms with Gasteiger partial charge in [0.25, 0.3) is 10.1 Å². The molecule has 31 heavy (non-hydrogen) atoms. The van der Waals surface area contributed by atoms with Crippen molar-refractivity contribution in [2.45, 2.75) is 23.6 Å². The van der Waals surface area contributed by atoms with E-state index in [1.54, 1.807) is 0 Å². The molecule has 12 nitrogen and oxygen atoms in total. The number of anilines is 3. The fraction of sp³-hybridized carbons (Fsp3) is 0.125. The SMILES string of the molecule is CC(=O)Nc1ccc(N)cc1S(=O)(=O)O.CC([O-])=Nc1ccc(N)cc1S(=O)(=O)[O-].[Ca+2]. The molecule has 0 radical (unpaired) electrons. The Hall–Kier alpha value is -1.94. The van der Waals surface area contributed by atoms with Crippen LogP contribution in [-0.4, -0.2) is 75.5 Å². The van der Waals surface area contributed by atoms with Crippen molar-refractivity contribution in [1.82, 2.24) is 0 Å². The number of benzene rings is 2. The largest absolute Gasteiger partial charge is 2.00 e. The Morgan fingerprint density at radius 2 is 1.48 bits per heavy atom. The molecular weight excluding hydrogens is 480 g/mol. The molecule has 0 bridgehead atoms. The van der Waals surface area contributed by atoms with Crippen LogP contribution in [0.25, 0.3) is 0 Å². The number of nitrogens with zero attached hydrogens (tertiary/aromatic N) is 1. The molecule has 0 unspecified atom stereocenters. The summed E-state index contributed by atoms with van der Waals surface area (Å²) in [6.07, 6.45) is 0. The van der Waals surface area contributed by atoms with Gasteiger partial charge in [-0.15, -0.1) is 0 Å². The molecule has 0 atom stereocenters. The topological polar surface area (TPSA) is 228 Å². The predicted octanol–water partition coefficient (Wildman–Crippen LogP) is -0.324. The van der Waals surface area contributed by atoms with Crippen LogP contribution in [-0.2, 0) is 25.0 Å². The minimum atomic E-state index is -4.68. The standard InChI is InChI=1S/2C8H10N2O4S.Ca/c2*1-5(11)10-7-3-2-6(9)4-8(7)15(12,13)14;/h2*2-4H,9H2,1H3,(H,10,11)(H,12,13,14);/q;;+2/p-2. The van der Waals surface area contributed by atoms with Gasteiger partial charge in [-0.1, -0.05) is 0 Å². The summed E-state index contributed by atoms with van der Waals surface area (Å²) in [7, 11) is -9.07. The molecule has 0 aliphatic heterocycles. The summed E-state index contributed by atoms with van der Waals surface area (Å²) >= 11 is 0. The second-order valence-electron chi connectivity index (χ2n) is 5.72. The molecule has 0 saturated carbocycles. The van der Waals surface area contributed by atoms with Gasteiger partial charge in [0.2, 0.25) is 5.91 Å². The summed E-state index contributed by atoms with van der Waals surface area (Å²) in [5.41, 5.74) is 10.8. The van der Waals surface area contributed by atoms with Crippen LogP contribution >= 0.6 is 0 Å². The van der Waals surface area contributed by atoms with Crippen LogP contribution < -0.4 is 21.9 Å². The molecule has 1 amide bonds. The molecule has 0 aromatic heterocycles. The second kappa shape index (κ2) is 11.6. The smallest absolute Gasteiger partial charge is 0.862 e. The zero-order chi connectivity index (χ0) is 23.3. The zero-order valence-corrected chi connectivity index (χ0v) is 20.2. The summed E-state index contributed by atoms with van der Waals surface area (Å²) in [6.45, 7) is 2.38. The van der Waals surface area contributed by atoms with Gasteiger partial charge >= 0.3 is 37.7 Å². The molecule has 0 spiro atoms. The first-order valence-corrected chi connectivity index (χ1v) is 10.7. The van der Waals surface area contributed by atoms with Crippen LogP contribution in [0.4, 0.5) is 22.7 Å². The van der Waals surface area contributed by atoms with E-state index >= 15 is 0 Å². The molecule has 6 N–H and O–H groups in total. The number of nitrogens with two attached hydrogens (primary N) is 2. The number of hydrogen-bond acceptors (Lipinski definition) is 10. The van der Waals surface area contributed by atoms with Crippen LogP contribution in [0.2, 0.25) is 0 Å². The van der Waals surface area contributed by atoms with Crippen LogP contribution in [0, 0.1) is 0 Å². The number of rotatable bonds is 4. The number of carbonyl (C=O) groups is 1. The van der Waals surface area contributed by atoms with Gasteiger partial charge in [-0.25, -0.2) is 8.42 Å². The maximum absolute atomic E-state index is 10.9. The second-order valence-corrected chi connectivity index (χ2v) is 8.46. The Balaban J connectivity index is 0.000000562. The molecule has 0 saturated heterocycles. The van der Waals surface area contributed by atoms with Crippen molar-refractivity contribution in [3.05, 3.63) is 36.4 Å². The van der Waals surface area contributed by atoms with E-state index in [0.717, 1.165) is 19.1 Å². The summed E-state index contributed by atoms with van der Waals surface area (Å²) in [5, 5.41) is 13.0. The van der Waals surface area contributed by atoms with Gasteiger partial charge < -0.3 is 26.4 Å². The number of aliphatic imine (C=N–C) groups is 1. The Morgan fingerprint density at radius 3 is 1.90 bits per heavy atom. The minimum Gasteiger partial charge on any atom is -0.862 e. The van der Waals surface area contributed by atoms with Gasteiger partial charge in [-0.2, -0.15) is 8.42 Å². The number of amides is 1. The average Bonchev–Trinajstić information content (AvgIpc) is 2.56. The molecular formula is C16H18CaN4O8S2. The summed E-state index contributed by atoms with van der Waals surface area (Å²) in [4.78, 5) is 13.1. The summed E-state index contributed by atoms with van der Waals surface area (Å²) < 4.78 is 63.2. The Kier molecular flexibility index (Phi) is 10.9. The van der Waals surface area contributed by atoms with Crippen molar-refractivity contribution in [3.8, 4) is 0 Å². The van der Waals surface area contributed by atoms with E-state index in [1.165, 1.54) is 31.2 Å². The van der Waals surface area contributed by atoms with Crippen molar-refractivity contribution in [3.63, 3.8) is 0 Å². The maximum Gasteiger partial charge on any atom is 2.00 e. The molecule has 15 heteroatoms. The monoisotopic (exact) mass is 498 g/mol. The summed E-state index contributed by atoms with van der Waals surface area (Å²) in [6, 6.07) is 7.34. The zero-order valence-electron chi connectivity index (χ0n) is 16.4. The number of carbonyl (C=O) groups excluding carboxylic acids is 1. The quantitative estimate of drug-likeness (QED) is 0.141. The van der Waals surface area contributed by atoms with Crippen LogP contribution in [0.3, 0.4) is 0 Å². The summed E-state index contributed by atoms with van der Waals surface area (Å²) in [5.74, 6) is -1.03. The molecule has 0 heterocycles. The van der Waals surface area contributed by atoms with Gasteiger partial charge in [-0.3, -0.25) is 14.3 Å². The molecule has 0 aliphatic rings. The molecule has 0 aliphatic carbocycles. The van der Waals surface area contributed by atoms with Crippen LogP contribution in [0.5, 0.6) is 0 Å². The van der Waals surface area contributed by atoms with E-state index in [2.05, 4.69) is 10.3 Å². The maximum atomic E-state index is 10.9. The van der Waals surface area contributed by atoms with Gasteiger partial charge in [-0.05, 0) is 49.2 Å². The predicted molar refractivity (Wildman–Crippen MR) is 112 cm³/mol. The third kappa shape index (κ3) is 9.82. The average molecular weight is 499 g/mol. The van der Waals surface area contributed by atoms with E-state index in [0.29, 0.717) is 0 Å². The first-order valence-electron chi connectivity index (χ1n) is 7.83. The van der Waals surface area contributed by atoms with Crippen molar-refractivity contribution in [2.75, 3.05) is 16.8 Å². The minimum absolute atomic E-state index is 0. The van der Waals surface area contributed by atoms with Crippen molar-refractivity contribution < 1.29 is 35.8 Å². The van der Waals surface area contributed by atoms with E-state index in [1.807, 2.05) is 0 Å². The third-order valence-corrected chi connectivity index (χ3v) is 4.88. The van der Waals surface area contributed by atoms with E-state index < -0.39 is 41.8 Å². The first kappa shape index (κ1) is 29.1. The van der Waals surface area contributed by atoms with Gasteiger partial charge in [0.15, 0.2) is 0 Å². The molecule has 2 aromatic rings. The van der Waals surface area contributed by atoms with E-state index in [-0.39, 0.29) is 60.5 Å². The number of hydrogen-bond donors (Lipinski definition) is 4. The van der Waals surface area contributed by atoms with Crippen molar-refractivity contribution in [2.24, 2.45) is 4.99 Å². The number of nitrogen functional groups attached to an aromatic ring is 2. The van der Waals surface area contributed by atoms with Crippen molar-refractivity contribution in [1.29, 1.82) is 0 Å². The molecule has 164 valence electrons. The molecule has 2 rings (SSSR count). The normalized spacial score (nSPS) is 11.5. The first-order chi connectivity index (χ1) is 13.6. The van der Waals surface area contributed by atoms with E-state index in [9.17, 15) is 31.3 Å². The Morgan fingerprint density at radius 1 is 1.00 bits per heavy atom. The van der Waals surface area contributed by atoms with Crippen LogP contribution in [0.15, 0.2) is 51.2 Å². The Bertz CT molecular complexity index is 1190. The van der Waals surface area contributed by atoms with Gasteiger partial charge in [0.05, 0.1) is 16.3 Å². The third-order valence-electron chi connectivity index (χ3n) is 3.13.